The van der Waals surface area contributed by atoms with Gasteiger partial charge in [0, 0.05) is 25.6 Å². The van der Waals surface area contributed by atoms with E-state index in [1.807, 2.05) is 0 Å². The van der Waals surface area contributed by atoms with Crippen molar-refractivity contribution < 1.29 is 4.79 Å². The Balaban J connectivity index is 1.91. The molecule has 2 unspecified atom stereocenters. The van der Waals surface area contributed by atoms with Crippen LogP contribution >= 0.6 is 0 Å². The monoisotopic (exact) mass is 280 g/mol. The Hall–Kier alpha value is -0.570. The molecular weight excluding hydrogens is 248 g/mol. The molecule has 0 aromatic carbocycles. The Morgan fingerprint density at radius 1 is 1.15 bits per heavy atom. The Morgan fingerprint density at radius 2 is 1.85 bits per heavy atom. The van der Waals surface area contributed by atoms with Crippen molar-refractivity contribution in [1.82, 2.24) is 10.2 Å². The third-order valence-corrected chi connectivity index (χ3v) is 5.55. The smallest absolute Gasteiger partial charge is 0.222 e. The second-order valence-corrected chi connectivity index (χ2v) is 7.11. The maximum atomic E-state index is 12.3. The molecule has 1 aliphatic heterocycles. The minimum Gasteiger partial charge on any atom is -0.341 e. The molecule has 1 N–H and O–H groups in total. The van der Waals surface area contributed by atoms with Gasteiger partial charge in [0.1, 0.15) is 0 Å². The highest BCUT2D eigenvalue weighted by atomic mass is 16.2. The maximum Gasteiger partial charge on any atom is 0.222 e. The minimum atomic E-state index is 0.381. The summed E-state index contributed by atoms with van der Waals surface area (Å²) in [6.45, 7) is 6.47. The van der Waals surface area contributed by atoms with Crippen LogP contribution in [0.25, 0.3) is 0 Å². The molecule has 0 radical (unpaired) electrons. The fraction of sp³-hybridized carbons (Fsp3) is 0.941. The first-order chi connectivity index (χ1) is 9.61. The van der Waals surface area contributed by atoms with E-state index in [1.54, 1.807) is 0 Å². The molecule has 0 spiro atoms. The predicted molar refractivity (Wildman–Crippen MR) is 83.6 cm³/mol. The molecule has 0 aromatic rings. The molecular formula is C17H32N2O. The number of carbonyl (C=O) groups excluding carboxylic acids is 1. The highest BCUT2D eigenvalue weighted by Crippen LogP contribution is 2.29. The number of carbonyl (C=O) groups is 1. The molecule has 3 nitrogen and oxygen atoms in total. The Kier molecular flexibility index (Phi) is 5.88. The molecule has 1 saturated carbocycles. The van der Waals surface area contributed by atoms with Crippen LogP contribution < -0.4 is 5.32 Å². The van der Waals surface area contributed by atoms with Gasteiger partial charge in [-0.2, -0.15) is 0 Å². The zero-order valence-electron chi connectivity index (χ0n) is 13.5. The Labute approximate surface area is 124 Å². The molecule has 2 aliphatic rings. The van der Waals surface area contributed by atoms with E-state index in [-0.39, 0.29) is 0 Å². The highest BCUT2D eigenvalue weighted by molar-refractivity contribution is 5.76. The zero-order valence-corrected chi connectivity index (χ0v) is 13.5. The molecule has 1 heterocycles. The summed E-state index contributed by atoms with van der Waals surface area (Å²) in [7, 11) is 2.06. The van der Waals surface area contributed by atoms with Crippen molar-refractivity contribution in [2.75, 3.05) is 20.1 Å². The van der Waals surface area contributed by atoms with Crippen molar-refractivity contribution in [2.45, 2.75) is 64.8 Å². The van der Waals surface area contributed by atoms with E-state index in [4.69, 9.17) is 0 Å². The maximum absolute atomic E-state index is 12.3. The summed E-state index contributed by atoms with van der Waals surface area (Å²) >= 11 is 0. The van der Waals surface area contributed by atoms with Crippen LogP contribution in [0.1, 0.15) is 58.8 Å². The summed E-state index contributed by atoms with van der Waals surface area (Å²) in [6.07, 6.45) is 8.43. The van der Waals surface area contributed by atoms with Crippen molar-refractivity contribution in [3.8, 4) is 0 Å². The highest BCUT2D eigenvalue weighted by Gasteiger charge is 2.29. The lowest BCUT2D eigenvalue weighted by Gasteiger charge is -2.30. The molecule has 0 bridgehead atoms. The summed E-state index contributed by atoms with van der Waals surface area (Å²) < 4.78 is 0. The van der Waals surface area contributed by atoms with Crippen molar-refractivity contribution in [2.24, 2.45) is 17.8 Å². The lowest BCUT2D eigenvalue weighted by atomic mass is 9.89. The molecule has 1 amide bonds. The number of hydrogen-bond donors (Lipinski definition) is 1. The second kappa shape index (κ2) is 7.44. The Morgan fingerprint density at radius 3 is 2.45 bits per heavy atom. The molecule has 3 heteroatoms. The minimum absolute atomic E-state index is 0.381. The number of rotatable bonds is 5. The van der Waals surface area contributed by atoms with Crippen LogP contribution in [-0.2, 0) is 4.79 Å². The topological polar surface area (TPSA) is 32.3 Å². The van der Waals surface area contributed by atoms with Gasteiger partial charge in [-0.3, -0.25) is 4.79 Å². The van der Waals surface area contributed by atoms with E-state index < -0.39 is 0 Å². The Bertz CT molecular complexity index is 310. The number of nitrogens with one attached hydrogen (secondary N) is 1. The third-order valence-electron chi connectivity index (χ3n) is 5.55. The van der Waals surface area contributed by atoms with Crippen LogP contribution in [0.4, 0.5) is 0 Å². The van der Waals surface area contributed by atoms with Gasteiger partial charge in [-0.1, -0.05) is 26.7 Å². The normalized spacial score (nSPS) is 27.1. The molecule has 1 aliphatic carbocycles. The summed E-state index contributed by atoms with van der Waals surface area (Å²) in [6, 6.07) is 0.497. The standard InChI is InChI=1S/C17H32N2O/c1-13(2)14-8-9-17(20)19(11-10-14)12-16(18-3)15-6-4-5-7-15/h13-16,18H,4-12H2,1-3H3. The van der Waals surface area contributed by atoms with Crippen LogP contribution in [0.15, 0.2) is 0 Å². The number of likely N-dealkylation sites (tertiary alicyclic amines) is 1. The van der Waals surface area contributed by atoms with E-state index in [9.17, 15) is 4.79 Å². The molecule has 2 rings (SSSR count). The molecule has 20 heavy (non-hydrogen) atoms. The van der Waals surface area contributed by atoms with Gasteiger partial charge in [0.2, 0.25) is 5.91 Å². The van der Waals surface area contributed by atoms with E-state index in [2.05, 4.69) is 31.1 Å². The van der Waals surface area contributed by atoms with Crippen molar-refractivity contribution >= 4 is 5.91 Å². The van der Waals surface area contributed by atoms with Crippen LogP contribution in [0, 0.1) is 17.8 Å². The molecule has 1 saturated heterocycles. The lowest BCUT2D eigenvalue weighted by Crippen LogP contribution is -2.45. The van der Waals surface area contributed by atoms with Gasteiger partial charge < -0.3 is 10.2 Å². The molecule has 116 valence electrons. The van der Waals surface area contributed by atoms with Crippen LogP contribution in [0.5, 0.6) is 0 Å². The molecule has 0 aromatic heterocycles. The first-order valence-corrected chi connectivity index (χ1v) is 8.57. The lowest BCUT2D eigenvalue weighted by molar-refractivity contribution is -0.131. The first-order valence-electron chi connectivity index (χ1n) is 8.57. The number of amides is 1. The quantitative estimate of drug-likeness (QED) is 0.839. The second-order valence-electron chi connectivity index (χ2n) is 7.11. The van der Waals surface area contributed by atoms with Gasteiger partial charge in [0.15, 0.2) is 0 Å². The molecule has 2 fully saturated rings. The van der Waals surface area contributed by atoms with Gasteiger partial charge >= 0.3 is 0 Å². The summed E-state index contributed by atoms with van der Waals surface area (Å²) in [5.74, 6) is 2.59. The number of nitrogens with zero attached hydrogens (tertiary/aromatic N) is 1. The van der Waals surface area contributed by atoms with Gasteiger partial charge in [0.25, 0.3) is 0 Å². The summed E-state index contributed by atoms with van der Waals surface area (Å²) in [5.41, 5.74) is 0. The van der Waals surface area contributed by atoms with E-state index in [0.29, 0.717) is 17.9 Å². The third kappa shape index (κ3) is 3.97. The fourth-order valence-electron chi connectivity index (χ4n) is 3.99. The predicted octanol–water partition coefficient (Wildman–Crippen LogP) is 3.05. The molecule has 2 atom stereocenters. The fourth-order valence-corrected chi connectivity index (χ4v) is 3.99. The van der Waals surface area contributed by atoms with Crippen molar-refractivity contribution in [1.29, 1.82) is 0 Å². The van der Waals surface area contributed by atoms with Gasteiger partial charge in [0.05, 0.1) is 0 Å². The van der Waals surface area contributed by atoms with Crippen molar-refractivity contribution in [3.63, 3.8) is 0 Å². The largest absolute Gasteiger partial charge is 0.341 e. The average Bonchev–Trinajstić information content (AvgIpc) is 2.88. The van der Waals surface area contributed by atoms with Crippen LogP contribution in [-0.4, -0.2) is 37.0 Å². The van der Waals surface area contributed by atoms with Gasteiger partial charge in [-0.15, -0.1) is 0 Å². The zero-order chi connectivity index (χ0) is 14.5. The van der Waals surface area contributed by atoms with Crippen LogP contribution in [0.2, 0.25) is 0 Å². The number of hydrogen-bond acceptors (Lipinski definition) is 2. The van der Waals surface area contributed by atoms with E-state index >= 15 is 0 Å². The average molecular weight is 280 g/mol. The van der Waals surface area contributed by atoms with Crippen LogP contribution in [0.3, 0.4) is 0 Å². The van der Waals surface area contributed by atoms with Crippen molar-refractivity contribution in [3.05, 3.63) is 0 Å². The first kappa shape index (κ1) is 15.8. The van der Waals surface area contributed by atoms with E-state index in [1.165, 1.54) is 32.1 Å². The summed E-state index contributed by atoms with van der Waals surface area (Å²) in [4.78, 5) is 14.5. The van der Waals surface area contributed by atoms with Gasteiger partial charge in [-0.25, -0.2) is 0 Å². The van der Waals surface area contributed by atoms with Gasteiger partial charge in [-0.05, 0) is 50.5 Å². The summed E-state index contributed by atoms with van der Waals surface area (Å²) in [5, 5.41) is 3.47. The SMILES string of the molecule is CNC(CN1CCC(C(C)C)CCC1=O)C1CCCC1. The number of likely N-dealkylation sites (N-methyl/N-ethyl adjacent to an activating group) is 1. The van der Waals surface area contributed by atoms with E-state index in [0.717, 1.165) is 37.8 Å².